The van der Waals surface area contributed by atoms with E-state index in [2.05, 4.69) is 5.32 Å². The molecule has 14 heavy (non-hydrogen) atoms. The normalized spacial score (nSPS) is 13.6. The van der Waals surface area contributed by atoms with E-state index in [0.717, 1.165) is 12.8 Å². The summed E-state index contributed by atoms with van der Waals surface area (Å²) in [5, 5.41) is 11.4. The Morgan fingerprint density at radius 3 is 2.79 bits per heavy atom. The van der Waals surface area contributed by atoms with Gasteiger partial charge in [0, 0.05) is 18.7 Å². The van der Waals surface area contributed by atoms with E-state index in [1.165, 1.54) is 6.08 Å². The van der Waals surface area contributed by atoms with Gasteiger partial charge in [0.05, 0.1) is 0 Å². The Hall–Kier alpha value is -1.09. The maximum Gasteiger partial charge on any atom is 0.244 e. The summed E-state index contributed by atoms with van der Waals surface area (Å²) in [6.07, 6.45) is 8.39. The fourth-order valence-corrected chi connectivity index (χ4v) is 1.01. The smallest absolute Gasteiger partial charge is 0.244 e. The van der Waals surface area contributed by atoms with Crippen LogP contribution in [-0.4, -0.2) is 23.7 Å². The van der Waals surface area contributed by atoms with Crippen LogP contribution in [0.15, 0.2) is 24.3 Å². The van der Waals surface area contributed by atoms with Crippen molar-refractivity contribution in [1.29, 1.82) is 0 Å². The van der Waals surface area contributed by atoms with Gasteiger partial charge in [-0.25, -0.2) is 0 Å². The predicted molar refractivity (Wildman–Crippen MR) is 57.9 cm³/mol. The average Bonchev–Trinajstić information content (AvgIpc) is 2.15. The molecule has 0 spiro atoms. The highest BCUT2D eigenvalue weighted by Gasteiger charge is 2.02. The van der Waals surface area contributed by atoms with Crippen LogP contribution in [0.5, 0.6) is 0 Å². The summed E-state index contributed by atoms with van der Waals surface area (Å²) < 4.78 is 0. The lowest BCUT2D eigenvalue weighted by Crippen LogP contribution is -2.31. The minimum Gasteiger partial charge on any atom is -0.396 e. The highest BCUT2D eigenvalue weighted by molar-refractivity contribution is 5.87. The van der Waals surface area contributed by atoms with Gasteiger partial charge in [-0.15, -0.1) is 0 Å². The predicted octanol–water partition coefficient (Wildman–Crippen LogP) is 1.40. The molecule has 3 heteroatoms. The molecule has 0 bridgehead atoms. The van der Waals surface area contributed by atoms with Crippen LogP contribution in [0.3, 0.4) is 0 Å². The lowest BCUT2D eigenvalue weighted by Gasteiger charge is -2.10. The second-order valence-corrected chi connectivity index (χ2v) is 3.16. The summed E-state index contributed by atoms with van der Waals surface area (Å²) >= 11 is 0. The number of rotatable bonds is 6. The Balaban J connectivity index is 3.70. The molecule has 2 N–H and O–H groups in total. The minimum absolute atomic E-state index is 0.0893. The molecule has 0 rings (SSSR count). The molecule has 1 unspecified atom stereocenters. The number of amides is 1. The number of aliphatic hydroxyl groups is 1. The van der Waals surface area contributed by atoms with Gasteiger partial charge >= 0.3 is 0 Å². The van der Waals surface area contributed by atoms with E-state index >= 15 is 0 Å². The van der Waals surface area contributed by atoms with Crippen molar-refractivity contribution in [2.75, 3.05) is 6.61 Å². The van der Waals surface area contributed by atoms with Crippen LogP contribution in [-0.2, 0) is 4.79 Å². The van der Waals surface area contributed by atoms with Gasteiger partial charge < -0.3 is 10.4 Å². The van der Waals surface area contributed by atoms with E-state index in [1.807, 2.05) is 19.9 Å². The molecule has 1 atom stereocenters. The molecule has 0 aliphatic heterocycles. The van der Waals surface area contributed by atoms with Crippen molar-refractivity contribution in [3.05, 3.63) is 24.3 Å². The fourth-order valence-electron chi connectivity index (χ4n) is 1.01. The van der Waals surface area contributed by atoms with Crippen molar-refractivity contribution >= 4 is 5.91 Å². The average molecular weight is 197 g/mol. The molecule has 80 valence electrons. The minimum atomic E-state index is -0.0893. The van der Waals surface area contributed by atoms with Crippen LogP contribution in [0.2, 0.25) is 0 Å². The van der Waals surface area contributed by atoms with Gasteiger partial charge in [-0.3, -0.25) is 4.79 Å². The van der Waals surface area contributed by atoms with Gasteiger partial charge in [0.1, 0.15) is 0 Å². The standard InChI is InChI=1S/C11H19NO2/c1-3-4-5-8-11(14)12-10(2)7-6-9-13/h3-5,8,10,13H,6-7,9H2,1-2H3,(H,12,14). The van der Waals surface area contributed by atoms with Crippen LogP contribution < -0.4 is 5.32 Å². The van der Waals surface area contributed by atoms with Gasteiger partial charge in [-0.1, -0.05) is 18.2 Å². The van der Waals surface area contributed by atoms with E-state index in [9.17, 15) is 4.79 Å². The molecule has 0 saturated heterocycles. The van der Waals surface area contributed by atoms with Crippen molar-refractivity contribution in [1.82, 2.24) is 5.32 Å². The van der Waals surface area contributed by atoms with Crippen molar-refractivity contribution in [3.8, 4) is 0 Å². The largest absolute Gasteiger partial charge is 0.396 e. The van der Waals surface area contributed by atoms with E-state index < -0.39 is 0 Å². The van der Waals surface area contributed by atoms with E-state index in [1.54, 1.807) is 12.2 Å². The maximum absolute atomic E-state index is 11.2. The number of aliphatic hydroxyl groups excluding tert-OH is 1. The SMILES string of the molecule is CC=CC=CC(=O)NC(C)CCCO. The number of carbonyl (C=O) groups excluding carboxylic acids is 1. The molecule has 0 aromatic rings. The summed E-state index contributed by atoms with van der Waals surface area (Å²) in [6, 6.07) is 0.116. The topological polar surface area (TPSA) is 49.3 Å². The number of hydrogen-bond donors (Lipinski definition) is 2. The Morgan fingerprint density at radius 1 is 1.50 bits per heavy atom. The second-order valence-electron chi connectivity index (χ2n) is 3.16. The van der Waals surface area contributed by atoms with Gasteiger partial charge in [-0.2, -0.15) is 0 Å². The summed E-state index contributed by atoms with van der Waals surface area (Å²) in [4.78, 5) is 11.2. The van der Waals surface area contributed by atoms with E-state index in [0.29, 0.717) is 0 Å². The molecular formula is C11H19NO2. The molecule has 0 aliphatic carbocycles. The third-order valence-corrected chi connectivity index (χ3v) is 1.74. The third kappa shape index (κ3) is 7.55. The molecule has 0 aromatic carbocycles. The van der Waals surface area contributed by atoms with Crippen LogP contribution in [0.4, 0.5) is 0 Å². The Bertz CT molecular complexity index is 209. The lowest BCUT2D eigenvalue weighted by molar-refractivity contribution is -0.117. The zero-order chi connectivity index (χ0) is 10.8. The quantitative estimate of drug-likeness (QED) is 0.499. The summed E-state index contributed by atoms with van der Waals surface area (Å²) in [6.45, 7) is 4.00. The molecule has 0 radical (unpaired) electrons. The van der Waals surface area contributed by atoms with E-state index in [4.69, 9.17) is 5.11 Å². The first kappa shape index (κ1) is 12.9. The molecule has 0 heterocycles. The second kappa shape index (κ2) is 8.51. The van der Waals surface area contributed by atoms with Crippen molar-refractivity contribution in [2.24, 2.45) is 0 Å². The highest BCUT2D eigenvalue weighted by atomic mass is 16.2. The number of nitrogens with one attached hydrogen (secondary N) is 1. The van der Waals surface area contributed by atoms with Crippen LogP contribution in [0.1, 0.15) is 26.7 Å². The summed E-state index contributed by atoms with van der Waals surface area (Å²) in [5.74, 6) is -0.0893. The van der Waals surface area contributed by atoms with Crippen molar-refractivity contribution in [3.63, 3.8) is 0 Å². The molecule has 3 nitrogen and oxygen atoms in total. The first-order chi connectivity index (χ1) is 6.70. The molecule has 0 fully saturated rings. The van der Waals surface area contributed by atoms with Crippen LogP contribution >= 0.6 is 0 Å². The molecule has 0 aliphatic rings. The first-order valence-corrected chi connectivity index (χ1v) is 4.91. The monoisotopic (exact) mass is 197 g/mol. The van der Waals surface area contributed by atoms with Crippen LogP contribution in [0.25, 0.3) is 0 Å². The van der Waals surface area contributed by atoms with Gasteiger partial charge in [0.2, 0.25) is 5.91 Å². The van der Waals surface area contributed by atoms with Gasteiger partial charge in [0.25, 0.3) is 0 Å². The van der Waals surface area contributed by atoms with E-state index in [-0.39, 0.29) is 18.6 Å². The van der Waals surface area contributed by atoms with Gasteiger partial charge in [-0.05, 0) is 26.7 Å². The molecule has 1 amide bonds. The zero-order valence-electron chi connectivity index (χ0n) is 8.86. The lowest BCUT2D eigenvalue weighted by atomic mass is 10.2. The summed E-state index contributed by atoms with van der Waals surface area (Å²) in [7, 11) is 0. The van der Waals surface area contributed by atoms with Crippen molar-refractivity contribution in [2.45, 2.75) is 32.7 Å². The summed E-state index contributed by atoms with van der Waals surface area (Å²) in [5.41, 5.74) is 0. The Morgan fingerprint density at radius 2 is 2.21 bits per heavy atom. The molecule has 0 aromatic heterocycles. The number of hydrogen-bond acceptors (Lipinski definition) is 2. The third-order valence-electron chi connectivity index (χ3n) is 1.74. The molecular weight excluding hydrogens is 178 g/mol. The first-order valence-electron chi connectivity index (χ1n) is 4.91. The maximum atomic E-state index is 11.2. The Kier molecular flexibility index (Phi) is 7.84. The number of carbonyl (C=O) groups is 1. The number of allylic oxidation sites excluding steroid dienone is 3. The van der Waals surface area contributed by atoms with Crippen molar-refractivity contribution < 1.29 is 9.90 Å². The van der Waals surface area contributed by atoms with Crippen LogP contribution in [0, 0.1) is 0 Å². The zero-order valence-corrected chi connectivity index (χ0v) is 8.86. The Labute approximate surface area is 85.5 Å². The van der Waals surface area contributed by atoms with Gasteiger partial charge in [0.15, 0.2) is 0 Å². The molecule has 0 saturated carbocycles. The fraction of sp³-hybridized carbons (Fsp3) is 0.545. The highest BCUT2D eigenvalue weighted by Crippen LogP contribution is 1.94.